The number of nitrogens with zero attached hydrogens (tertiary/aromatic N) is 1. The van der Waals surface area contributed by atoms with Gasteiger partial charge in [-0.3, -0.25) is 14.6 Å². The number of pyridine rings is 1. The molecule has 2 aromatic rings. The first-order valence-electron chi connectivity index (χ1n) is 8.12. The molecule has 4 nitrogen and oxygen atoms in total. The molecule has 1 aromatic carbocycles. The second-order valence-corrected chi connectivity index (χ2v) is 6.98. The Morgan fingerprint density at radius 3 is 2.24 bits per heavy atom. The van der Waals surface area contributed by atoms with Crippen LogP contribution in [0.1, 0.15) is 38.9 Å². The number of carbonyl (C=O) groups is 2. The van der Waals surface area contributed by atoms with Gasteiger partial charge in [-0.1, -0.05) is 6.92 Å². The number of ketones is 1. The molecule has 0 aliphatic heterocycles. The Kier molecular flexibility index (Phi) is 6.93. The van der Waals surface area contributed by atoms with Gasteiger partial charge >= 0.3 is 12.4 Å². The van der Waals surface area contributed by atoms with Gasteiger partial charge in [0.05, 0.1) is 17.7 Å². The molecule has 0 aliphatic carbocycles. The number of rotatable bonds is 6. The number of halogens is 6. The quantitative estimate of drug-likeness (QED) is 0.400. The molecule has 29 heavy (non-hydrogen) atoms. The zero-order valence-electron chi connectivity index (χ0n) is 14.8. The number of hydrogen-bond acceptors (Lipinski definition) is 4. The molecular weight excluding hydrogens is 422 g/mol. The van der Waals surface area contributed by atoms with Gasteiger partial charge in [0.1, 0.15) is 5.69 Å². The summed E-state index contributed by atoms with van der Waals surface area (Å²) in [5.74, 6) is -1.05. The summed E-state index contributed by atoms with van der Waals surface area (Å²) in [5.41, 5.74) is -2.25. The van der Waals surface area contributed by atoms with Crippen molar-refractivity contribution in [1.29, 1.82) is 0 Å². The Hall–Kier alpha value is -2.56. The fourth-order valence-corrected chi connectivity index (χ4v) is 3.12. The first-order valence-corrected chi connectivity index (χ1v) is 9.10. The van der Waals surface area contributed by atoms with E-state index in [9.17, 15) is 35.9 Å². The molecule has 0 radical (unpaired) electrons. The molecule has 0 spiro atoms. The Bertz CT molecular complexity index is 895. The summed E-state index contributed by atoms with van der Waals surface area (Å²) in [7, 11) is 0. The van der Waals surface area contributed by atoms with Crippen LogP contribution in [0.25, 0.3) is 0 Å². The topological polar surface area (TPSA) is 59.1 Å². The lowest BCUT2D eigenvalue weighted by atomic mass is 10.1. The summed E-state index contributed by atoms with van der Waals surface area (Å²) >= 11 is 1.04. The lowest BCUT2D eigenvalue weighted by Crippen LogP contribution is -2.30. The van der Waals surface area contributed by atoms with Crippen LogP contribution < -0.4 is 5.32 Å². The smallest absolute Gasteiger partial charge is 0.345 e. The third-order valence-corrected chi connectivity index (χ3v) is 4.57. The fraction of sp³-hybridized carbons (Fsp3) is 0.278. The highest BCUT2D eigenvalue weighted by Gasteiger charge is 2.33. The molecule has 2 rings (SSSR count). The van der Waals surface area contributed by atoms with Crippen molar-refractivity contribution in [3.05, 3.63) is 58.9 Å². The monoisotopic (exact) mass is 436 g/mol. The molecule has 0 saturated heterocycles. The molecule has 0 aliphatic rings. The Balaban J connectivity index is 2.11. The van der Waals surface area contributed by atoms with Crippen LogP contribution >= 0.6 is 11.8 Å². The molecule has 0 unspecified atom stereocenters. The van der Waals surface area contributed by atoms with Crippen molar-refractivity contribution in [2.24, 2.45) is 0 Å². The minimum atomic E-state index is -4.65. The highest BCUT2D eigenvalue weighted by molar-refractivity contribution is 7.99. The molecule has 0 atom stereocenters. The first kappa shape index (κ1) is 22.7. The van der Waals surface area contributed by atoms with Crippen molar-refractivity contribution < 1.29 is 35.9 Å². The lowest BCUT2D eigenvalue weighted by molar-refractivity contribution is -0.141. The van der Waals surface area contributed by atoms with Crippen LogP contribution in [0.3, 0.4) is 0 Å². The zero-order valence-corrected chi connectivity index (χ0v) is 15.6. The lowest BCUT2D eigenvalue weighted by Gasteiger charge is -2.13. The molecule has 156 valence electrons. The van der Waals surface area contributed by atoms with E-state index in [2.05, 4.69) is 10.3 Å². The normalized spacial score (nSPS) is 12.0. The number of carbonyl (C=O) groups excluding carboxylic acids is 2. The van der Waals surface area contributed by atoms with E-state index in [1.54, 1.807) is 6.92 Å². The van der Waals surface area contributed by atoms with Crippen LogP contribution in [0.5, 0.6) is 0 Å². The van der Waals surface area contributed by atoms with Crippen molar-refractivity contribution >= 4 is 23.5 Å². The maximum Gasteiger partial charge on any atom is 0.433 e. The standard InChI is InChI=1S/C18H14F6N2O2S/c1-2-29-14-7-11(17(19,20)21)4-5-12(14)13(27)9-26-16(28)10-3-6-15(25-8-10)18(22,23)24/h3-8H,2,9H2,1H3,(H,26,28). The number of aromatic nitrogens is 1. The maximum absolute atomic E-state index is 12.9. The summed E-state index contributed by atoms with van der Waals surface area (Å²) in [4.78, 5) is 27.6. The second kappa shape index (κ2) is 8.85. The van der Waals surface area contributed by atoms with E-state index in [1.807, 2.05) is 0 Å². The number of benzene rings is 1. The zero-order chi connectivity index (χ0) is 21.8. The average molecular weight is 436 g/mol. The third-order valence-electron chi connectivity index (χ3n) is 3.63. The van der Waals surface area contributed by atoms with Crippen LogP contribution in [-0.2, 0) is 12.4 Å². The van der Waals surface area contributed by atoms with Crippen molar-refractivity contribution in [3.8, 4) is 0 Å². The third kappa shape index (κ3) is 5.96. The molecular formula is C18H14F6N2O2S. The first-order chi connectivity index (χ1) is 13.4. The Morgan fingerprint density at radius 2 is 1.72 bits per heavy atom. The van der Waals surface area contributed by atoms with Gasteiger partial charge in [-0.25, -0.2) is 0 Å². The second-order valence-electron chi connectivity index (χ2n) is 5.68. The Labute approximate surface area is 165 Å². The number of amides is 1. The van der Waals surface area contributed by atoms with Gasteiger partial charge in [0.25, 0.3) is 5.91 Å². The predicted molar refractivity (Wildman–Crippen MR) is 93.7 cm³/mol. The van der Waals surface area contributed by atoms with E-state index in [1.165, 1.54) is 0 Å². The predicted octanol–water partition coefficient (Wildman–Crippen LogP) is 4.84. The minimum Gasteiger partial charge on any atom is -0.345 e. The van der Waals surface area contributed by atoms with E-state index >= 15 is 0 Å². The Morgan fingerprint density at radius 1 is 1.03 bits per heavy atom. The van der Waals surface area contributed by atoms with Gasteiger partial charge in [0.15, 0.2) is 5.78 Å². The van der Waals surface area contributed by atoms with Gasteiger partial charge in [-0.15, -0.1) is 11.8 Å². The fourth-order valence-electron chi connectivity index (χ4n) is 2.26. The van der Waals surface area contributed by atoms with Crippen LogP contribution in [0.2, 0.25) is 0 Å². The van der Waals surface area contributed by atoms with Gasteiger partial charge in [0, 0.05) is 16.7 Å². The molecule has 0 bridgehead atoms. The summed E-state index contributed by atoms with van der Waals surface area (Å²) < 4.78 is 76.0. The van der Waals surface area contributed by atoms with Crippen LogP contribution in [0, 0.1) is 0 Å². The number of Topliss-reactive ketones (excluding diaryl/α,β-unsaturated/α-hetero) is 1. The van der Waals surface area contributed by atoms with E-state index in [0.29, 0.717) is 11.8 Å². The van der Waals surface area contributed by atoms with Crippen LogP contribution in [0.4, 0.5) is 26.3 Å². The molecule has 11 heteroatoms. The summed E-state index contributed by atoms with van der Waals surface area (Å²) in [6.07, 6.45) is -8.49. The number of nitrogens with one attached hydrogen (secondary N) is 1. The van der Waals surface area contributed by atoms with Gasteiger partial charge in [0.2, 0.25) is 0 Å². The largest absolute Gasteiger partial charge is 0.433 e. The van der Waals surface area contributed by atoms with Crippen molar-refractivity contribution in [1.82, 2.24) is 10.3 Å². The van der Waals surface area contributed by atoms with E-state index in [4.69, 9.17) is 0 Å². The van der Waals surface area contributed by atoms with Gasteiger partial charge in [-0.05, 0) is 36.1 Å². The van der Waals surface area contributed by atoms with Gasteiger partial charge in [-0.2, -0.15) is 26.3 Å². The minimum absolute atomic E-state index is 0.00990. The van der Waals surface area contributed by atoms with E-state index < -0.39 is 41.8 Å². The molecule has 1 N–H and O–H groups in total. The summed E-state index contributed by atoms with van der Waals surface area (Å²) in [6.45, 7) is 1.17. The maximum atomic E-state index is 12.9. The highest BCUT2D eigenvalue weighted by Crippen LogP contribution is 2.34. The van der Waals surface area contributed by atoms with Crippen LogP contribution in [-0.4, -0.2) is 29.0 Å². The molecule has 1 heterocycles. The molecule has 0 saturated carbocycles. The summed E-state index contributed by atoms with van der Waals surface area (Å²) in [6, 6.07) is 4.21. The van der Waals surface area contributed by atoms with Crippen molar-refractivity contribution in [2.75, 3.05) is 12.3 Å². The average Bonchev–Trinajstić information content (AvgIpc) is 2.64. The number of hydrogen-bond donors (Lipinski definition) is 1. The van der Waals surface area contributed by atoms with Gasteiger partial charge < -0.3 is 5.32 Å². The van der Waals surface area contributed by atoms with E-state index in [0.717, 1.165) is 42.2 Å². The number of alkyl halides is 6. The van der Waals surface area contributed by atoms with Crippen molar-refractivity contribution in [3.63, 3.8) is 0 Å². The summed E-state index contributed by atoms with van der Waals surface area (Å²) in [5, 5.41) is 2.23. The molecule has 1 amide bonds. The van der Waals surface area contributed by atoms with Crippen LogP contribution in [0.15, 0.2) is 41.4 Å². The number of thioether (sulfide) groups is 1. The van der Waals surface area contributed by atoms with Crippen molar-refractivity contribution in [2.45, 2.75) is 24.2 Å². The SMILES string of the molecule is CCSc1cc(C(F)(F)F)ccc1C(=O)CNC(=O)c1ccc(C(F)(F)F)nc1. The van der Waals surface area contributed by atoms with E-state index in [-0.39, 0.29) is 16.0 Å². The molecule has 1 aromatic heterocycles. The highest BCUT2D eigenvalue weighted by atomic mass is 32.2. The molecule has 0 fully saturated rings.